The Morgan fingerprint density at radius 2 is 1.57 bits per heavy atom. The molecule has 37 heavy (non-hydrogen) atoms. The van der Waals surface area contributed by atoms with E-state index in [4.69, 9.17) is 23.2 Å². The molecule has 0 heterocycles. The number of hydrogen-bond acceptors (Lipinski definition) is 2. The number of amides is 2. The van der Waals surface area contributed by atoms with Crippen LogP contribution in [0.5, 0.6) is 0 Å². The van der Waals surface area contributed by atoms with Crippen LogP contribution in [0.4, 0.5) is 4.39 Å². The molecule has 0 bridgehead atoms. The van der Waals surface area contributed by atoms with Gasteiger partial charge in [0.15, 0.2) is 0 Å². The Hall–Kier alpha value is -2.89. The van der Waals surface area contributed by atoms with E-state index in [1.54, 1.807) is 12.1 Å². The second-order valence-corrected chi connectivity index (χ2v) is 10.4. The van der Waals surface area contributed by atoms with Crippen molar-refractivity contribution < 1.29 is 14.0 Å². The van der Waals surface area contributed by atoms with Gasteiger partial charge in [0, 0.05) is 34.6 Å². The van der Waals surface area contributed by atoms with Gasteiger partial charge in [0.2, 0.25) is 11.8 Å². The van der Waals surface area contributed by atoms with E-state index in [1.807, 2.05) is 48.5 Å². The van der Waals surface area contributed by atoms with Crippen molar-refractivity contribution in [2.45, 2.75) is 63.6 Å². The molecule has 0 spiro atoms. The molecule has 1 N–H and O–H groups in total. The fourth-order valence-electron chi connectivity index (χ4n) is 4.86. The van der Waals surface area contributed by atoms with E-state index in [0.717, 1.165) is 31.2 Å². The third-order valence-corrected chi connectivity index (χ3v) is 7.63. The first kappa shape index (κ1) is 27.2. The zero-order valence-corrected chi connectivity index (χ0v) is 22.1. The van der Waals surface area contributed by atoms with Crippen LogP contribution in [-0.2, 0) is 29.0 Å². The van der Waals surface area contributed by atoms with Gasteiger partial charge in [-0.2, -0.15) is 0 Å². The average molecular weight is 541 g/mol. The molecule has 0 saturated heterocycles. The van der Waals surface area contributed by atoms with Gasteiger partial charge in [0.1, 0.15) is 11.9 Å². The Labute approximate surface area is 227 Å². The first-order valence-electron chi connectivity index (χ1n) is 12.7. The maximum Gasteiger partial charge on any atom is 0.243 e. The third-order valence-electron chi connectivity index (χ3n) is 6.91. The highest BCUT2D eigenvalue weighted by molar-refractivity contribution is 6.31. The van der Waals surface area contributed by atoms with Gasteiger partial charge in [-0.15, -0.1) is 0 Å². The molecule has 3 aromatic carbocycles. The quantitative estimate of drug-likeness (QED) is 0.325. The minimum Gasteiger partial charge on any atom is -0.352 e. The molecule has 3 aromatic rings. The molecule has 1 atom stereocenters. The van der Waals surface area contributed by atoms with E-state index in [1.165, 1.54) is 23.5 Å². The monoisotopic (exact) mass is 540 g/mol. The summed E-state index contributed by atoms with van der Waals surface area (Å²) in [6.07, 6.45) is 5.21. The van der Waals surface area contributed by atoms with Gasteiger partial charge in [-0.1, -0.05) is 97.1 Å². The predicted octanol–water partition coefficient (Wildman–Crippen LogP) is 6.76. The average Bonchev–Trinajstić information content (AvgIpc) is 2.90. The van der Waals surface area contributed by atoms with Crippen LogP contribution in [0.25, 0.3) is 0 Å². The third kappa shape index (κ3) is 7.33. The number of hydrogen-bond donors (Lipinski definition) is 1. The fourth-order valence-corrected chi connectivity index (χ4v) is 5.29. The maximum absolute atomic E-state index is 14.6. The molecule has 4 rings (SSSR count). The molecule has 4 nitrogen and oxygen atoms in total. The van der Waals surface area contributed by atoms with E-state index >= 15 is 0 Å². The van der Waals surface area contributed by atoms with Gasteiger partial charge in [0.05, 0.1) is 6.42 Å². The number of carbonyl (C=O) groups is 2. The van der Waals surface area contributed by atoms with Crippen LogP contribution < -0.4 is 5.32 Å². The van der Waals surface area contributed by atoms with Crippen LogP contribution >= 0.6 is 23.2 Å². The molecule has 7 heteroatoms. The van der Waals surface area contributed by atoms with Crippen molar-refractivity contribution in [1.82, 2.24) is 10.2 Å². The number of rotatable bonds is 9. The van der Waals surface area contributed by atoms with Crippen molar-refractivity contribution in [2.24, 2.45) is 0 Å². The zero-order valence-electron chi connectivity index (χ0n) is 20.6. The lowest BCUT2D eigenvalue weighted by Gasteiger charge is -2.34. The molecular formula is C30H31Cl2FN2O2. The molecule has 1 fully saturated rings. The van der Waals surface area contributed by atoms with Crippen molar-refractivity contribution in [3.63, 3.8) is 0 Å². The van der Waals surface area contributed by atoms with Crippen LogP contribution in [0.1, 0.15) is 48.8 Å². The van der Waals surface area contributed by atoms with E-state index in [2.05, 4.69) is 5.32 Å². The predicted molar refractivity (Wildman–Crippen MR) is 146 cm³/mol. The standard InChI is InChI=1S/C30H31Cl2FN2O2/c31-25-15-8-7-12-22(25)20-35(29(36)19-24-26(32)16-9-17-27(24)33)28(18-21-10-3-1-4-11-21)30(37)34-23-13-5-2-6-14-23/h1,3-4,7-12,15-17,23,28H,2,5-6,13-14,18-20H2,(H,34,37). The summed E-state index contributed by atoms with van der Waals surface area (Å²) in [5, 5.41) is 3.87. The Bertz CT molecular complexity index is 1190. The lowest BCUT2D eigenvalue weighted by atomic mass is 9.94. The summed E-state index contributed by atoms with van der Waals surface area (Å²) in [5.74, 6) is -1.16. The number of nitrogens with one attached hydrogen (secondary N) is 1. The first-order chi connectivity index (χ1) is 17.9. The molecule has 0 aromatic heterocycles. The molecule has 1 aliphatic carbocycles. The van der Waals surface area contributed by atoms with Crippen molar-refractivity contribution in [3.8, 4) is 0 Å². The second-order valence-electron chi connectivity index (χ2n) is 9.54. The van der Waals surface area contributed by atoms with Gasteiger partial charge >= 0.3 is 0 Å². The normalized spacial score (nSPS) is 14.7. The van der Waals surface area contributed by atoms with E-state index < -0.39 is 17.8 Å². The highest BCUT2D eigenvalue weighted by atomic mass is 35.5. The Morgan fingerprint density at radius 3 is 2.27 bits per heavy atom. The van der Waals surface area contributed by atoms with Gasteiger partial charge in [0.25, 0.3) is 0 Å². The van der Waals surface area contributed by atoms with Crippen LogP contribution in [0, 0.1) is 5.82 Å². The Kier molecular flexibility index (Phi) is 9.59. The van der Waals surface area contributed by atoms with Crippen molar-refractivity contribution >= 4 is 35.0 Å². The smallest absolute Gasteiger partial charge is 0.243 e. The van der Waals surface area contributed by atoms with E-state index in [9.17, 15) is 14.0 Å². The highest BCUT2D eigenvalue weighted by Crippen LogP contribution is 2.25. The molecule has 1 aliphatic rings. The van der Waals surface area contributed by atoms with Gasteiger partial charge < -0.3 is 10.2 Å². The topological polar surface area (TPSA) is 49.4 Å². The molecule has 0 aliphatic heterocycles. The molecule has 1 saturated carbocycles. The summed E-state index contributed by atoms with van der Waals surface area (Å²) in [5.41, 5.74) is 1.75. The molecule has 194 valence electrons. The first-order valence-corrected chi connectivity index (χ1v) is 13.5. The minimum absolute atomic E-state index is 0.0813. The van der Waals surface area contributed by atoms with Crippen LogP contribution in [0.3, 0.4) is 0 Å². The molecular weight excluding hydrogens is 510 g/mol. The van der Waals surface area contributed by atoms with E-state index in [0.29, 0.717) is 17.0 Å². The Morgan fingerprint density at radius 1 is 0.892 bits per heavy atom. The van der Waals surface area contributed by atoms with Crippen molar-refractivity contribution in [1.29, 1.82) is 0 Å². The largest absolute Gasteiger partial charge is 0.352 e. The van der Waals surface area contributed by atoms with E-state index in [-0.39, 0.29) is 35.5 Å². The van der Waals surface area contributed by atoms with Gasteiger partial charge in [-0.3, -0.25) is 9.59 Å². The molecule has 1 unspecified atom stereocenters. The number of carbonyl (C=O) groups excluding carboxylic acids is 2. The zero-order chi connectivity index (χ0) is 26.2. The van der Waals surface area contributed by atoms with Gasteiger partial charge in [-0.05, 0) is 42.2 Å². The van der Waals surface area contributed by atoms with Gasteiger partial charge in [-0.25, -0.2) is 4.39 Å². The second kappa shape index (κ2) is 13.1. The van der Waals surface area contributed by atoms with Crippen LogP contribution in [-0.4, -0.2) is 28.8 Å². The summed E-state index contributed by atoms with van der Waals surface area (Å²) in [7, 11) is 0. The summed E-state index contributed by atoms with van der Waals surface area (Å²) in [6, 6.07) is 20.5. The number of nitrogens with zero attached hydrogens (tertiary/aromatic N) is 1. The highest BCUT2D eigenvalue weighted by Gasteiger charge is 2.32. The summed E-state index contributed by atoms with van der Waals surface area (Å²) in [4.78, 5) is 29.1. The minimum atomic E-state index is -0.807. The maximum atomic E-state index is 14.6. The molecule has 0 radical (unpaired) electrons. The fraction of sp³-hybridized carbons (Fsp3) is 0.333. The lowest BCUT2D eigenvalue weighted by molar-refractivity contribution is -0.141. The van der Waals surface area contributed by atoms with Crippen molar-refractivity contribution in [2.75, 3.05) is 0 Å². The summed E-state index contributed by atoms with van der Waals surface area (Å²) < 4.78 is 14.6. The Balaban J connectivity index is 1.69. The lowest BCUT2D eigenvalue weighted by Crippen LogP contribution is -2.53. The van der Waals surface area contributed by atoms with Crippen molar-refractivity contribution in [3.05, 3.63) is 105 Å². The number of halogens is 3. The van der Waals surface area contributed by atoms with Crippen LogP contribution in [0.2, 0.25) is 10.0 Å². The summed E-state index contributed by atoms with van der Waals surface area (Å²) >= 11 is 12.7. The SMILES string of the molecule is O=C(NC1CCCCC1)C(Cc1ccccc1)N(Cc1ccccc1Cl)C(=O)Cc1c(F)cccc1Cl. The summed E-state index contributed by atoms with van der Waals surface area (Å²) in [6.45, 7) is 0.111. The van der Waals surface area contributed by atoms with Crippen LogP contribution in [0.15, 0.2) is 72.8 Å². The number of benzene rings is 3. The molecule has 2 amide bonds.